The predicted molar refractivity (Wildman–Crippen MR) is 123 cm³/mol. The van der Waals surface area contributed by atoms with E-state index in [9.17, 15) is 0 Å². The number of ether oxygens (including phenoxy) is 3. The van der Waals surface area contributed by atoms with Crippen molar-refractivity contribution in [1.29, 1.82) is 0 Å². The zero-order chi connectivity index (χ0) is 20.8. The monoisotopic (exact) mass is 424 g/mol. The first-order valence-corrected chi connectivity index (χ1v) is 10.9. The van der Waals surface area contributed by atoms with E-state index in [1.807, 2.05) is 37.3 Å². The van der Waals surface area contributed by atoms with E-state index in [0.717, 1.165) is 59.5 Å². The van der Waals surface area contributed by atoms with Gasteiger partial charge in [-0.1, -0.05) is 18.2 Å². The summed E-state index contributed by atoms with van der Waals surface area (Å²) in [5.41, 5.74) is 2.11. The van der Waals surface area contributed by atoms with Gasteiger partial charge in [-0.3, -0.25) is 0 Å². The van der Waals surface area contributed by atoms with Crippen molar-refractivity contribution in [1.82, 2.24) is 4.90 Å². The minimum atomic E-state index is 0.286. The quantitative estimate of drug-likeness (QED) is 0.476. The summed E-state index contributed by atoms with van der Waals surface area (Å²) in [6, 6.07) is 14.0. The topological polar surface area (TPSA) is 43.0 Å². The Morgan fingerprint density at radius 1 is 1.13 bits per heavy atom. The molecule has 0 bridgehead atoms. The Hall–Kier alpha value is -2.73. The molecule has 0 radical (unpaired) electrons. The molecular formula is C24H28N2O3S. The Morgan fingerprint density at radius 3 is 2.73 bits per heavy atom. The van der Waals surface area contributed by atoms with Crippen LogP contribution in [0, 0.1) is 5.92 Å². The Morgan fingerprint density at radius 2 is 1.97 bits per heavy atom. The molecule has 1 N–H and O–H groups in total. The van der Waals surface area contributed by atoms with Gasteiger partial charge in [0.1, 0.15) is 5.75 Å². The van der Waals surface area contributed by atoms with Gasteiger partial charge in [0.15, 0.2) is 16.6 Å². The van der Waals surface area contributed by atoms with E-state index in [1.54, 1.807) is 0 Å². The molecule has 1 aliphatic heterocycles. The number of nitrogens with zero attached hydrogens (tertiary/aromatic N) is 1. The summed E-state index contributed by atoms with van der Waals surface area (Å²) in [5.74, 6) is 3.07. The molecule has 6 heteroatoms. The lowest BCUT2D eigenvalue weighted by molar-refractivity contribution is 0.174. The zero-order valence-corrected chi connectivity index (χ0v) is 18.1. The smallest absolute Gasteiger partial charge is 0.231 e. The maximum atomic E-state index is 5.82. The van der Waals surface area contributed by atoms with E-state index < -0.39 is 0 Å². The fourth-order valence-electron chi connectivity index (χ4n) is 3.82. The Bertz CT molecular complexity index is 898. The van der Waals surface area contributed by atoms with Crippen molar-refractivity contribution in [3.63, 3.8) is 0 Å². The summed E-state index contributed by atoms with van der Waals surface area (Å²) < 4.78 is 16.5. The summed E-state index contributed by atoms with van der Waals surface area (Å²) >= 11 is 5.82. The molecule has 0 aromatic heterocycles. The fraction of sp³-hybridized carbons (Fsp3) is 0.375. The number of hydrogen-bond acceptors (Lipinski definition) is 4. The third-order valence-electron chi connectivity index (χ3n) is 5.37. The van der Waals surface area contributed by atoms with Gasteiger partial charge in [-0.15, -0.1) is 0 Å². The van der Waals surface area contributed by atoms with Crippen molar-refractivity contribution in [2.24, 2.45) is 5.92 Å². The fourth-order valence-corrected chi connectivity index (χ4v) is 4.07. The minimum Gasteiger partial charge on any atom is -0.494 e. The molecule has 2 aromatic carbocycles. The van der Waals surface area contributed by atoms with Gasteiger partial charge in [-0.05, 0) is 86.3 Å². The van der Waals surface area contributed by atoms with Crippen LogP contribution in [0.15, 0.2) is 54.6 Å². The first-order chi connectivity index (χ1) is 14.7. The second-order valence-electron chi connectivity index (χ2n) is 7.61. The predicted octanol–water partition coefficient (Wildman–Crippen LogP) is 5.37. The van der Waals surface area contributed by atoms with Gasteiger partial charge in [0.25, 0.3) is 0 Å². The Balaban J connectivity index is 1.47. The van der Waals surface area contributed by atoms with Crippen LogP contribution in [0.25, 0.3) is 0 Å². The van der Waals surface area contributed by atoms with Crippen molar-refractivity contribution in [3.8, 4) is 17.2 Å². The van der Waals surface area contributed by atoms with Gasteiger partial charge in [0.2, 0.25) is 6.79 Å². The Kier molecular flexibility index (Phi) is 6.74. The van der Waals surface area contributed by atoms with Crippen LogP contribution in [-0.2, 0) is 6.54 Å². The average Bonchev–Trinajstić information content (AvgIpc) is 3.23. The molecule has 0 saturated carbocycles. The second kappa shape index (κ2) is 9.85. The van der Waals surface area contributed by atoms with E-state index in [2.05, 4.69) is 34.5 Å². The van der Waals surface area contributed by atoms with Gasteiger partial charge >= 0.3 is 0 Å². The number of nitrogens with one attached hydrogen (secondary N) is 1. The highest BCUT2D eigenvalue weighted by molar-refractivity contribution is 7.80. The number of anilines is 1. The SMILES string of the molecule is CCOc1ccc(NC(=S)N(Cc2ccc3c(c2)OCO3)C[C@H]2CC=CCC2)cc1. The third-order valence-corrected chi connectivity index (χ3v) is 5.73. The molecule has 4 rings (SSSR count). The largest absolute Gasteiger partial charge is 0.494 e. The van der Waals surface area contributed by atoms with Crippen LogP contribution in [-0.4, -0.2) is 30.0 Å². The molecule has 158 valence electrons. The van der Waals surface area contributed by atoms with E-state index in [0.29, 0.717) is 12.5 Å². The zero-order valence-electron chi connectivity index (χ0n) is 17.3. The number of rotatable bonds is 7. The van der Waals surface area contributed by atoms with Crippen LogP contribution in [0.2, 0.25) is 0 Å². The Labute approximate surface area is 183 Å². The van der Waals surface area contributed by atoms with E-state index in [1.165, 1.54) is 6.42 Å². The van der Waals surface area contributed by atoms with Gasteiger partial charge in [-0.25, -0.2) is 0 Å². The maximum Gasteiger partial charge on any atom is 0.231 e. The molecule has 1 heterocycles. The van der Waals surface area contributed by atoms with Crippen molar-refractivity contribution >= 4 is 23.0 Å². The molecule has 2 aliphatic rings. The van der Waals surface area contributed by atoms with Crippen LogP contribution in [0.4, 0.5) is 5.69 Å². The number of allylic oxidation sites excluding steroid dienone is 2. The summed E-state index contributed by atoms with van der Waals surface area (Å²) in [4.78, 5) is 2.26. The highest BCUT2D eigenvalue weighted by Gasteiger charge is 2.20. The van der Waals surface area contributed by atoms with Gasteiger partial charge in [0, 0.05) is 18.8 Å². The molecule has 1 atom stereocenters. The minimum absolute atomic E-state index is 0.286. The van der Waals surface area contributed by atoms with Crippen molar-refractivity contribution in [2.75, 3.05) is 25.3 Å². The molecule has 30 heavy (non-hydrogen) atoms. The molecule has 0 unspecified atom stereocenters. The molecule has 2 aromatic rings. The lowest BCUT2D eigenvalue weighted by Gasteiger charge is -2.31. The number of fused-ring (bicyclic) bond motifs is 1. The van der Waals surface area contributed by atoms with Crippen molar-refractivity contribution < 1.29 is 14.2 Å². The molecule has 1 aliphatic carbocycles. The first-order valence-electron chi connectivity index (χ1n) is 10.5. The van der Waals surface area contributed by atoms with Crippen LogP contribution in [0.1, 0.15) is 31.7 Å². The summed E-state index contributed by atoms with van der Waals surface area (Å²) in [6.45, 7) is 4.57. The molecular weight excluding hydrogens is 396 g/mol. The maximum absolute atomic E-state index is 5.82. The normalized spacial score (nSPS) is 16.9. The van der Waals surface area contributed by atoms with Crippen LogP contribution >= 0.6 is 12.2 Å². The van der Waals surface area contributed by atoms with Crippen molar-refractivity contribution in [2.45, 2.75) is 32.7 Å². The third kappa shape index (κ3) is 5.25. The van der Waals surface area contributed by atoms with E-state index in [4.69, 9.17) is 26.4 Å². The average molecular weight is 425 g/mol. The molecule has 5 nitrogen and oxygen atoms in total. The van der Waals surface area contributed by atoms with Crippen LogP contribution in [0.5, 0.6) is 17.2 Å². The van der Waals surface area contributed by atoms with Gasteiger partial charge in [-0.2, -0.15) is 0 Å². The second-order valence-corrected chi connectivity index (χ2v) is 7.99. The standard InChI is InChI=1S/C24H28N2O3S/c1-2-27-21-11-9-20(10-12-21)25-24(30)26(15-18-6-4-3-5-7-18)16-19-8-13-22-23(14-19)29-17-28-22/h3-4,8-14,18H,2,5-7,15-17H2,1H3,(H,25,30)/t18-/m0/s1. The molecule has 0 amide bonds. The van der Waals surface area contributed by atoms with Crippen LogP contribution < -0.4 is 19.5 Å². The summed E-state index contributed by atoms with van der Waals surface area (Å²) in [6.07, 6.45) is 8.00. The summed E-state index contributed by atoms with van der Waals surface area (Å²) in [7, 11) is 0. The highest BCUT2D eigenvalue weighted by Crippen LogP contribution is 2.33. The lowest BCUT2D eigenvalue weighted by atomic mass is 9.94. The molecule has 0 saturated heterocycles. The number of benzene rings is 2. The summed E-state index contributed by atoms with van der Waals surface area (Å²) in [5, 5.41) is 4.13. The first kappa shape index (κ1) is 20.5. The highest BCUT2D eigenvalue weighted by atomic mass is 32.1. The number of thiocarbonyl (C=S) groups is 1. The van der Waals surface area contributed by atoms with Gasteiger partial charge in [0.05, 0.1) is 6.61 Å². The lowest BCUT2D eigenvalue weighted by Crippen LogP contribution is -2.38. The van der Waals surface area contributed by atoms with E-state index >= 15 is 0 Å². The molecule has 0 fully saturated rings. The van der Waals surface area contributed by atoms with E-state index in [-0.39, 0.29) is 6.79 Å². The van der Waals surface area contributed by atoms with Gasteiger partial charge < -0.3 is 24.4 Å². The number of hydrogen-bond donors (Lipinski definition) is 1. The van der Waals surface area contributed by atoms with Crippen LogP contribution in [0.3, 0.4) is 0 Å². The van der Waals surface area contributed by atoms with Crippen molar-refractivity contribution in [3.05, 3.63) is 60.2 Å². The molecule has 0 spiro atoms.